The molecule has 14 heavy (non-hydrogen) atoms. The van der Waals surface area contributed by atoms with Crippen LogP contribution in [0.1, 0.15) is 19.4 Å². The highest BCUT2D eigenvalue weighted by atomic mass is 79.9. The number of halogens is 1. The first-order chi connectivity index (χ1) is 6.56. The molecule has 0 spiro atoms. The fourth-order valence-electron chi connectivity index (χ4n) is 1.18. The van der Waals surface area contributed by atoms with Crippen LogP contribution in [-0.2, 0) is 0 Å². The summed E-state index contributed by atoms with van der Waals surface area (Å²) in [6.07, 6.45) is 0. The lowest BCUT2D eigenvalue weighted by Crippen LogP contribution is -2.26. The van der Waals surface area contributed by atoms with Gasteiger partial charge in [0.1, 0.15) is 6.07 Å². The van der Waals surface area contributed by atoms with E-state index in [4.69, 9.17) is 5.26 Å². The van der Waals surface area contributed by atoms with Gasteiger partial charge in [-0.3, -0.25) is 0 Å². The second-order valence-corrected chi connectivity index (χ2v) is 4.39. The summed E-state index contributed by atoms with van der Waals surface area (Å²) in [7, 11) is 1.99. The summed E-state index contributed by atoms with van der Waals surface area (Å²) in [5.74, 6) is 0. The lowest BCUT2D eigenvalue weighted by Gasteiger charge is -2.24. The number of rotatable bonds is 2. The average Bonchev–Trinajstić information content (AvgIpc) is 2.16. The highest BCUT2D eigenvalue weighted by Crippen LogP contribution is 2.24. The van der Waals surface area contributed by atoms with E-state index in [1.807, 2.05) is 25.2 Å². The van der Waals surface area contributed by atoms with Crippen LogP contribution in [0.25, 0.3) is 0 Å². The molecule has 0 heterocycles. The molecule has 2 nitrogen and oxygen atoms in total. The van der Waals surface area contributed by atoms with E-state index in [1.54, 1.807) is 0 Å². The summed E-state index contributed by atoms with van der Waals surface area (Å²) in [6.45, 7) is 4.20. The monoisotopic (exact) mass is 252 g/mol. The summed E-state index contributed by atoms with van der Waals surface area (Å²) < 4.78 is 0.940. The molecule has 0 atom stereocenters. The van der Waals surface area contributed by atoms with Gasteiger partial charge in [-0.15, -0.1) is 0 Å². The summed E-state index contributed by atoms with van der Waals surface area (Å²) in [5, 5.41) is 8.98. The first-order valence-electron chi connectivity index (χ1n) is 4.48. The van der Waals surface area contributed by atoms with Crippen molar-refractivity contribution in [3.63, 3.8) is 0 Å². The molecule has 0 aliphatic carbocycles. The largest absolute Gasteiger partial charge is 0.371 e. The fourth-order valence-corrected chi connectivity index (χ4v) is 1.54. The van der Waals surface area contributed by atoms with Gasteiger partial charge in [-0.2, -0.15) is 5.26 Å². The van der Waals surface area contributed by atoms with Crippen LogP contribution in [0.4, 0.5) is 5.69 Å². The summed E-state index contributed by atoms with van der Waals surface area (Å²) in [6, 6.07) is 8.35. The Morgan fingerprint density at radius 1 is 1.43 bits per heavy atom. The number of nitriles is 1. The fraction of sp³-hybridized carbons (Fsp3) is 0.364. The smallest absolute Gasteiger partial charge is 0.101 e. The molecule has 1 aromatic rings. The third kappa shape index (κ3) is 2.27. The van der Waals surface area contributed by atoms with E-state index in [0.29, 0.717) is 11.6 Å². The Hall–Kier alpha value is -1.01. The van der Waals surface area contributed by atoms with Crippen molar-refractivity contribution in [2.75, 3.05) is 11.9 Å². The van der Waals surface area contributed by atoms with Crippen molar-refractivity contribution in [3.8, 4) is 6.07 Å². The summed E-state index contributed by atoms with van der Waals surface area (Å²) >= 11 is 3.35. The van der Waals surface area contributed by atoms with Crippen LogP contribution in [0.3, 0.4) is 0 Å². The minimum Gasteiger partial charge on any atom is -0.371 e. The third-order valence-corrected chi connectivity index (χ3v) is 2.73. The predicted octanol–water partition coefficient (Wildman–Crippen LogP) is 3.17. The Labute approximate surface area is 93.3 Å². The van der Waals surface area contributed by atoms with Gasteiger partial charge in [0.05, 0.1) is 11.3 Å². The maximum Gasteiger partial charge on any atom is 0.101 e. The molecule has 74 valence electrons. The van der Waals surface area contributed by atoms with Crippen molar-refractivity contribution in [3.05, 3.63) is 28.2 Å². The van der Waals surface area contributed by atoms with Crippen LogP contribution in [0.15, 0.2) is 22.7 Å². The van der Waals surface area contributed by atoms with Crippen LogP contribution in [0, 0.1) is 11.3 Å². The molecule has 0 aromatic heterocycles. The second kappa shape index (κ2) is 4.47. The van der Waals surface area contributed by atoms with Gasteiger partial charge < -0.3 is 4.90 Å². The molecule has 0 fully saturated rings. The number of anilines is 1. The highest BCUT2D eigenvalue weighted by molar-refractivity contribution is 9.10. The van der Waals surface area contributed by atoms with Crippen molar-refractivity contribution in [2.24, 2.45) is 0 Å². The molecule has 0 saturated heterocycles. The van der Waals surface area contributed by atoms with E-state index in [2.05, 4.69) is 40.7 Å². The molecule has 0 aliphatic heterocycles. The molecule has 0 amide bonds. The third-order valence-electron chi connectivity index (χ3n) is 2.23. The first-order valence-corrected chi connectivity index (χ1v) is 5.28. The molecular formula is C11H13BrN2. The SMILES string of the molecule is CC(C)N(C)c1ccc(Br)cc1C#N. The van der Waals surface area contributed by atoms with Crippen molar-refractivity contribution in [1.29, 1.82) is 5.26 Å². The number of benzene rings is 1. The normalized spacial score (nSPS) is 10.0. The van der Waals surface area contributed by atoms with Gasteiger partial charge >= 0.3 is 0 Å². The van der Waals surface area contributed by atoms with Crippen LogP contribution in [0.2, 0.25) is 0 Å². The molecule has 1 rings (SSSR count). The van der Waals surface area contributed by atoms with Gasteiger partial charge in [0.2, 0.25) is 0 Å². The van der Waals surface area contributed by atoms with Gasteiger partial charge in [-0.25, -0.2) is 0 Å². The lowest BCUT2D eigenvalue weighted by atomic mass is 10.1. The van der Waals surface area contributed by atoms with E-state index in [0.717, 1.165) is 10.2 Å². The van der Waals surface area contributed by atoms with E-state index in [9.17, 15) is 0 Å². The molecule has 3 heteroatoms. The molecule has 0 aliphatic rings. The predicted molar refractivity (Wildman–Crippen MR) is 62.4 cm³/mol. The van der Waals surface area contributed by atoms with E-state index in [1.165, 1.54) is 0 Å². The van der Waals surface area contributed by atoms with E-state index < -0.39 is 0 Å². The molecule has 0 bridgehead atoms. The molecule has 0 saturated carbocycles. The van der Waals surface area contributed by atoms with E-state index in [-0.39, 0.29) is 0 Å². The zero-order valence-electron chi connectivity index (χ0n) is 8.58. The van der Waals surface area contributed by atoms with Crippen molar-refractivity contribution in [1.82, 2.24) is 0 Å². The Bertz CT molecular complexity index is 366. The topological polar surface area (TPSA) is 27.0 Å². The standard InChI is InChI=1S/C11H13BrN2/c1-8(2)14(3)11-5-4-10(12)6-9(11)7-13/h4-6,8H,1-3H3. The number of nitrogens with zero attached hydrogens (tertiary/aromatic N) is 2. The quantitative estimate of drug-likeness (QED) is 0.809. The van der Waals surface area contributed by atoms with Crippen LogP contribution in [0.5, 0.6) is 0 Å². The minimum atomic E-state index is 0.392. The maximum atomic E-state index is 8.98. The van der Waals surface area contributed by atoms with Crippen LogP contribution < -0.4 is 4.90 Å². The first kappa shape index (κ1) is 11.1. The lowest BCUT2D eigenvalue weighted by molar-refractivity contribution is 0.754. The van der Waals surface area contributed by atoms with Gasteiger partial charge in [-0.1, -0.05) is 15.9 Å². The second-order valence-electron chi connectivity index (χ2n) is 3.48. The van der Waals surface area contributed by atoms with Crippen molar-refractivity contribution >= 4 is 21.6 Å². The molecule has 0 unspecified atom stereocenters. The summed E-state index contributed by atoms with van der Waals surface area (Å²) in [5.41, 5.74) is 1.68. The van der Waals surface area contributed by atoms with Crippen molar-refractivity contribution < 1.29 is 0 Å². The van der Waals surface area contributed by atoms with Gasteiger partial charge in [0.25, 0.3) is 0 Å². The zero-order valence-corrected chi connectivity index (χ0v) is 10.2. The zero-order chi connectivity index (χ0) is 10.7. The average molecular weight is 253 g/mol. The van der Waals surface area contributed by atoms with Gasteiger partial charge in [0, 0.05) is 17.6 Å². The number of hydrogen-bond acceptors (Lipinski definition) is 2. The Morgan fingerprint density at radius 3 is 2.57 bits per heavy atom. The maximum absolute atomic E-state index is 8.98. The molecule has 0 radical (unpaired) electrons. The molecule has 1 aromatic carbocycles. The Morgan fingerprint density at radius 2 is 2.07 bits per heavy atom. The minimum absolute atomic E-state index is 0.392. The van der Waals surface area contributed by atoms with Crippen molar-refractivity contribution in [2.45, 2.75) is 19.9 Å². The summed E-state index contributed by atoms with van der Waals surface area (Å²) in [4.78, 5) is 2.09. The van der Waals surface area contributed by atoms with Gasteiger partial charge in [0.15, 0.2) is 0 Å². The van der Waals surface area contributed by atoms with E-state index >= 15 is 0 Å². The molecule has 0 N–H and O–H groups in total. The van der Waals surface area contributed by atoms with Gasteiger partial charge in [-0.05, 0) is 32.0 Å². The Kier molecular flexibility index (Phi) is 3.54. The Balaban J connectivity index is 3.16. The highest BCUT2D eigenvalue weighted by Gasteiger charge is 2.09. The van der Waals surface area contributed by atoms with Crippen LogP contribution >= 0.6 is 15.9 Å². The molecular weight excluding hydrogens is 240 g/mol. The number of hydrogen-bond donors (Lipinski definition) is 0. The van der Waals surface area contributed by atoms with Crippen LogP contribution in [-0.4, -0.2) is 13.1 Å².